The van der Waals surface area contributed by atoms with Gasteiger partial charge < -0.3 is 19.1 Å². The van der Waals surface area contributed by atoms with Gasteiger partial charge in [0.1, 0.15) is 5.69 Å². The normalized spacial score (nSPS) is 11.1. The zero-order valence-electron chi connectivity index (χ0n) is 21.3. The summed E-state index contributed by atoms with van der Waals surface area (Å²) < 4.78 is 55.9. The highest BCUT2D eigenvalue weighted by atomic mass is 19.4. The number of aromatic nitrogens is 3. The average Bonchev–Trinajstić information content (AvgIpc) is 2.90. The van der Waals surface area contributed by atoms with Gasteiger partial charge in [0.25, 0.3) is 5.91 Å². The van der Waals surface area contributed by atoms with Gasteiger partial charge >= 0.3 is 18.2 Å². The van der Waals surface area contributed by atoms with E-state index >= 15 is 0 Å². The number of hydrogen-bond acceptors (Lipinski definition) is 8. The standard InChI is InChI=1S/C26H27F3N4O5/c1-5-33(24(35)21-12-22(36-3)32-25(31-21)37-4)15-18-11-19(26(27,28)29)7-8-20(18)17-9-16(13-30-14-17)10-23(34)38-6-2/h7-9,11-14H,5-6,10,15H2,1-4H3. The van der Waals surface area contributed by atoms with Gasteiger partial charge in [-0.05, 0) is 48.7 Å². The molecular formula is C26H27F3N4O5. The SMILES string of the molecule is CCOC(=O)Cc1cncc(-c2ccc(C(F)(F)F)cc2CN(CC)C(=O)c2cc(OC)nc(OC)n2)c1. The first-order valence-corrected chi connectivity index (χ1v) is 11.7. The van der Waals surface area contributed by atoms with E-state index in [1.807, 2.05) is 0 Å². The summed E-state index contributed by atoms with van der Waals surface area (Å²) in [6, 6.07) is 6.20. The van der Waals surface area contributed by atoms with Gasteiger partial charge in [-0.1, -0.05) is 6.07 Å². The second-order valence-corrected chi connectivity index (χ2v) is 8.03. The van der Waals surface area contributed by atoms with E-state index in [2.05, 4.69) is 15.0 Å². The Balaban J connectivity index is 2.03. The van der Waals surface area contributed by atoms with E-state index in [1.165, 1.54) is 43.6 Å². The number of carbonyl (C=O) groups is 2. The molecule has 0 saturated carbocycles. The molecule has 1 amide bonds. The van der Waals surface area contributed by atoms with Gasteiger partial charge in [0.05, 0.1) is 32.8 Å². The largest absolute Gasteiger partial charge is 0.481 e. The fraction of sp³-hybridized carbons (Fsp3) is 0.346. The molecule has 0 spiro atoms. The van der Waals surface area contributed by atoms with E-state index in [0.29, 0.717) is 16.7 Å². The Morgan fingerprint density at radius 3 is 2.39 bits per heavy atom. The van der Waals surface area contributed by atoms with Crippen LogP contribution in [0.5, 0.6) is 11.9 Å². The molecule has 3 rings (SSSR count). The summed E-state index contributed by atoms with van der Waals surface area (Å²) in [5.74, 6) is -0.901. The Labute approximate surface area is 217 Å². The second-order valence-electron chi connectivity index (χ2n) is 8.03. The number of pyridine rings is 1. The van der Waals surface area contributed by atoms with Gasteiger partial charge in [-0.25, -0.2) is 0 Å². The Bertz CT molecular complexity index is 1280. The van der Waals surface area contributed by atoms with Crippen molar-refractivity contribution in [1.82, 2.24) is 19.9 Å². The van der Waals surface area contributed by atoms with Gasteiger partial charge in [-0.15, -0.1) is 0 Å². The fourth-order valence-corrected chi connectivity index (χ4v) is 3.70. The molecule has 0 N–H and O–H groups in total. The van der Waals surface area contributed by atoms with Crippen LogP contribution in [0.15, 0.2) is 42.7 Å². The number of esters is 1. The monoisotopic (exact) mass is 532 g/mol. The Morgan fingerprint density at radius 2 is 1.76 bits per heavy atom. The zero-order chi connectivity index (χ0) is 27.9. The molecule has 0 saturated heterocycles. The lowest BCUT2D eigenvalue weighted by atomic mass is 9.96. The molecule has 0 unspecified atom stereocenters. The maximum absolute atomic E-state index is 13.6. The Kier molecular flexibility index (Phi) is 9.21. The van der Waals surface area contributed by atoms with E-state index in [4.69, 9.17) is 14.2 Å². The molecule has 12 heteroatoms. The highest BCUT2D eigenvalue weighted by Gasteiger charge is 2.31. The van der Waals surface area contributed by atoms with Crippen molar-refractivity contribution in [2.75, 3.05) is 27.4 Å². The van der Waals surface area contributed by atoms with Gasteiger partial charge in [0, 0.05) is 37.1 Å². The first kappa shape index (κ1) is 28.4. The molecule has 0 atom stereocenters. The Morgan fingerprint density at radius 1 is 1.00 bits per heavy atom. The minimum absolute atomic E-state index is 0.0397. The van der Waals surface area contributed by atoms with Crippen LogP contribution in [0.4, 0.5) is 13.2 Å². The third kappa shape index (κ3) is 6.96. The zero-order valence-corrected chi connectivity index (χ0v) is 21.3. The number of hydrogen-bond donors (Lipinski definition) is 0. The van der Waals surface area contributed by atoms with Crippen LogP contribution in [0.1, 0.15) is 41.0 Å². The molecule has 0 bridgehead atoms. The first-order valence-electron chi connectivity index (χ1n) is 11.7. The number of nitrogens with zero attached hydrogens (tertiary/aromatic N) is 4. The molecule has 0 aliphatic rings. The van der Waals surface area contributed by atoms with Crippen LogP contribution >= 0.6 is 0 Å². The molecule has 0 aliphatic carbocycles. The highest BCUT2D eigenvalue weighted by molar-refractivity contribution is 5.92. The van der Waals surface area contributed by atoms with Crippen molar-refractivity contribution >= 4 is 11.9 Å². The van der Waals surface area contributed by atoms with Gasteiger partial charge in [-0.2, -0.15) is 23.1 Å². The van der Waals surface area contributed by atoms with E-state index in [0.717, 1.165) is 12.1 Å². The van der Waals surface area contributed by atoms with Gasteiger partial charge in [0.2, 0.25) is 5.88 Å². The van der Waals surface area contributed by atoms with Crippen LogP contribution in [-0.4, -0.2) is 59.1 Å². The molecule has 0 radical (unpaired) electrons. The Hall–Kier alpha value is -4.22. The average molecular weight is 533 g/mol. The highest BCUT2D eigenvalue weighted by Crippen LogP contribution is 2.34. The summed E-state index contributed by atoms with van der Waals surface area (Å²) in [5, 5.41) is 0. The van der Waals surface area contributed by atoms with Gasteiger partial charge in [-0.3, -0.25) is 14.6 Å². The first-order chi connectivity index (χ1) is 18.1. The van der Waals surface area contributed by atoms with Crippen molar-refractivity contribution in [2.45, 2.75) is 33.0 Å². The van der Waals surface area contributed by atoms with Crippen LogP contribution in [-0.2, 0) is 28.7 Å². The van der Waals surface area contributed by atoms with Crippen molar-refractivity contribution < 1.29 is 37.0 Å². The summed E-state index contributed by atoms with van der Waals surface area (Å²) in [5.41, 5.74) is 0.793. The van der Waals surface area contributed by atoms with Gasteiger partial charge in [0.15, 0.2) is 0 Å². The summed E-state index contributed by atoms with van der Waals surface area (Å²) in [6.07, 6.45) is -1.66. The maximum atomic E-state index is 13.6. The lowest BCUT2D eigenvalue weighted by Crippen LogP contribution is -2.31. The minimum atomic E-state index is -4.59. The number of rotatable bonds is 10. The summed E-state index contributed by atoms with van der Waals surface area (Å²) in [4.78, 5) is 38.8. The number of carbonyl (C=O) groups excluding carboxylic acids is 2. The fourth-order valence-electron chi connectivity index (χ4n) is 3.70. The molecule has 2 heterocycles. The minimum Gasteiger partial charge on any atom is -0.481 e. The van der Waals surface area contributed by atoms with Crippen LogP contribution in [0.3, 0.4) is 0 Å². The molecule has 38 heavy (non-hydrogen) atoms. The predicted molar refractivity (Wildman–Crippen MR) is 131 cm³/mol. The summed E-state index contributed by atoms with van der Waals surface area (Å²) in [6.45, 7) is 3.62. The van der Waals surface area contributed by atoms with Crippen molar-refractivity contribution in [1.29, 1.82) is 0 Å². The molecule has 2 aromatic heterocycles. The number of methoxy groups -OCH3 is 2. The van der Waals surface area contributed by atoms with Crippen LogP contribution < -0.4 is 9.47 Å². The number of alkyl halides is 3. The summed E-state index contributed by atoms with van der Waals surface area (Å²) >= 11 is 0. The van der Waals surface area contributed by atoms with Crippen molar-refractivity contribution in [3.63, 3.8) is 0 Å². The van der Waals surface area contributed by atoms with Crippen molar-refractivity contribution in [3.8, 4) is 23.0 Å². The number of benzene rings is 1. The number of ether oxygens (including phenoxy) is 3. The maximum Gasteiger partial charge on any atom is 0.416 e. The molecule has 0 aliphatic heterocycles. The molecule has 3 aromatic rings. The topological polar surface area (TPSA) is 104 Å². The smallest absolute Gasteiger partial charge is 0.416 e. The van der Waals surface area contributed by atoms with E-state index in [9.17, 15) is 22.8 Å². The number of amides is 1. The third-order valence-electron chi connectivity index (χ3n) is 5.52. The molecule has 9 nitrogen and oxygen atoms in total. The lowest BCUT2D eigenvalue weighted by Gasteiger charge is -2.23. The quantitative estimate of drug-likeness (QED) is 0.355. The van der Waals surface area contributed by atoms with E-state index in [-0.39, 0.29) is 49.3 Å². The third-order valence-corrected chi connectivity index (χ3v) is 5.52. The molecule has 0 fully saturated rings. The molecule has 1 aromatic carbocycles. The van der Waals surface area contributed by atoms with E-state index < -0.39 is 23.6 Å². The second kappa shape index (κ2) is 12.3. The molecular weight excluding hydrogens is 505 g/mol. The number of halogens is 3. The summed E-state index contributed by atoms with van der Waals surface area (Å²) in [7, 11) is 2.70. The van der Waals surface area contributed by atoms with Crippen molar-refractivity contribution in [2.24, 2.45) is 0 Å². The lowest BCUT2D eigenvalue weighted by molar-refractivity contribution is -0.142. The van der Waals surface area contributed by atoms with Crippen molar-refractivity contribution in [3.05, 3.63) is 65.1 Å². The van der Waals surface area contributed by atoms with E-state index in [1.54, 1.807) is 19.9 Å². The predicted octanol–water partition coefficient (Wildman–Crippen LogP) is 4.34. The van der Waals surface area contributed by atoms with Crippen LogP contribution in [0.2, 0.25) is 0 Å². The van der Waals surface area contributed by atoms with Crippen LogP contribution in [0.25, 0.3) is 11.1 Å². The van der Waals surface area contributed by atoms with Crippen LogP contribution in [0, 0.1) is 0 Å². The molecule has 202 valence electrons.